The third kappa shape index (κ3) is 4.11. The number of rotatable bonds is 6. The number of thiophene rings is 1. The van der Waals surface area contributed by atoms with Crippen molar-refractivity contribution in [2.24, 2.45) is 0 Å². The Morgan fingerprint density at radius 2 is 2.24 bits per heavy atom. The van der Waals surface area contributed by atoms with Gasteiger partial charge in [0.2, 0.25) is 5.91 Å². The van der Waals surface area contributed by atoms with Crippen molar-refractivity contribution in [1.82, 2.24) is 19.7 Å². The number of aromatic amines is 1. The smallest absolute Gasteiger partial charge is 0.246 e. The van der Waals surface area contributed by atoms with Crippen molar-refractivity contribution < 1.29 is 13.9 Å². The number of hydrogen-bond acceptors (Lipinski definition) is 7. The van der Waals surface area contributed by atoms with Crippen molar-refractivity contribution in [3.8, 4) is 27.7 Å². The first-order valence-electron chi connectivity index (χ1n) is 8.33. The Balaban J connectivity index is 1.52. The lowest BCUT2D eigenvalue weighted by Gasteiger charge is -2.06. The maximum absolute atomic E-state index is 13.6. The summed E-state index contributed by atoms with van der Waals surface area (Å²) in [5.41, 5.74) is 1.03. The molecular weight excluding hydrogens is 433 g/mol. The van der Waals surface area contributed by atoms with E-state index < -0.39 is 5.82 Å². The topological polar surface area (TPSA) is 84.8 Å². The predicted molar refractivity (Wildman–Crippen MR) is 113 cm³/mol. The summed E-state index contributed by atoms with van der Waals surface area (Å²) in [6.07, 6.45) is 0. The highest BCUT2D eigenvalue weighted by Gasteiger charge is 2.16. The Kier molecular flexibility index (Phi) is 5.51. The number of anilines is 1. The Morgan fingerprint density at radius 1 is 1.38 bits per heavy atom. The number of H-pyrrole nitrogens is 1. The van der Waals surface area contributed by atoms with Gasteiger partial charge in [0.05, 0.1) is 17.7 Å². The standard InChI is InChI=1S/C18H14FN5O2S3/c1-26-13-5-4-10(19)7-11(13)12-9-29-17(20-12)21-15(25)8-24-16(22-23-18(24)27)14-3-2-6-28-14/h2-7,9H,8H2,1H3,(H,23,27)(H,20,21,25). The molecule has 4 rings (SSSR count). The van der Waals surface area contributed by atoms with E-state index in [1.54, 1.807) is 9.95 Å². The summed E-state index contributed by atoms with van der Waals surface area (Å²) in [4.78, 5) is 17.8. The van der Waals surface area contributed by atoms with Crippen LogP contribution in [0.4, 0.5) is 9.52 Å². The molecule has 0 fully saturated rings. The van der Waals surface area contributed by atoms with Gasteiger partial charge in [0.1, 0.15) is 18.1 Å². The van der Waals surface area contributed by atoms with Crippen LogP contribution in [0.3, 0.4) is 0 Å². The molecule has 0 atom stereocenters. The normalized spacial score (nSPS) is 10.8. The average molecular weight is 448 g/mol. The third-order valence-electron chi connectivity index (χ3n) is 3.99. The lowest BCUT2D eigenvalue weighted by Crippen LogP contribution is -2.19. The number of carbonyl (C=O) groups excluding carboxylic acids is 1. The van der Waals surface area contributed by atoms with Gasteiger partial charge in [-0.2, -0.15) is 5.10 Å². The van der Waals surface area contributed by atoms with E-state index in [1.807, 2.05) is 17.5 Å². The molecule has 4 aromatic rings. The largest absolute Gasteiger partial charge is 0.496 e. The summed E-state index contributed by atoms with van der Waals surface area (Å²) >= 11 is 7.99. The molecule has 0 spiro atoms. The lowest BCUT2D eigenvalue weighted by atomic mass is 10.1. The molecule has 0 unspecified atom stereocenters. The van der Waals surface area contributed by atoms with Gasteiger partial charge in [0.15, 0.2) is 15.7 Å². The monoisotopic (exact) mass is 447 g/mol. The number of nitrogens with zero attached hydrogens (tertiary/aromatic N) is 3. The lowest BCUT2D eigenvalue weighted by molar-refractivity contribution is -0.116. The molecule has 11 heteroatoms. The minimum absolute atomic E-state index is 0.0131. The zero-order chi connectivity index (χ0) is 20.4. The molecule has 7 nitrogen and oxygen atoms in total. The predicted octanol–water partition coefficient (Wildman–Crippen LogP) is 4.58. The molecule has 3 heterocycles. The molecule has 2 N–H and O–H groups in total. The fourth-order valence-corrected chi connectivity index (χ4v) is 4.34. The van der Waals surface area contributed by atoms with Crippen LogP contribution in [-0.2, 0) is 11.3 Å². The van der Waals surface area contributed by atoms with E-state index in [2.05, 4.69) is 20.5 Å². The van der Waals surface area contributed by atoms with Crippen LogP contribution in [0, 0.1) is 10.6 Å². The molecule has 0 aliphatic rings. The van der Waals surface area contributed by atoms with E-state index in [1.165, 1.54) is 48.0 Å². The van der Waals surface area contributed by atoms with Gasteiger partial charge in [-0.1, -0.05) is 6.07 Å². The number of thiazole rings is 1. The number of benzene rings is 1. The van der Waals surface area contributed by atoms with Crippen LogP contribution in [0.1, 0.15) is 0 Å². The molecule has 0 saturated heterocycles. The van der Waals surface area contributed by atoms with E-state index in [9.17, 15) is 9.18 Å². The highest BCUT2D eigenvalue weighted by molar-refractivity contribution is 7.71. The van der Waals surface area contributed by atoms with E-state index in [0.717, 1.165) is 4.88 Å². The Hall–Kier alpha value is -2.89. The van der Waals surface area contributed by atoms with E-state index in [0.29, 0.717) is 32.7 Å². The maximum Gasteiger partial charge on any atom is 0.246 e. The van der Waals surface area contributed by atoms with Crippen LogP contribution in [0.25, 0.3) is 22.0 Å². The van der Waals surface area contributed by atoms with Crippen molar-refractivity contribution in [2.75, 3.05) is 12.4 Å². The van der Waals surface area contributed by atoms with Gasteiger partial charge in [0, 0.05) is 10.9 Å². The summed E-state index contributed by atoms with van der Waals surface area (Å²) in [6, 6.07) is 8.01. The molecule has 1 aromatic carbocycles. The first kappa shape index (κ1) is 19.4. The Morgan fingerprint density at radius 3 is 3.00 bits per heavy atom. The summed E-state index contributed by atoms with van der Waals surface area (Å²) in [6.45, 7) is -0.0131. The van der Waals surface area contributed by atoms with Crippen LogP contribution >= 0.6 is 34.9 Å². The maximum atomic E-state index is 13.6. The number of amides is 1. The zero-order valence-corrected chi connectivity index (χ0v) is 17.5. The number of hydrogen-bond donors (Lipinski definition) is 2. The van der Waals surface area contributed by atoms with Crippen molar-refractivity contribution in [3.05, 3.63) is 51.7 Å². The molecule has 0 aliphatic heterocycles. The van der Waals surface area contributed by atoms with Crippen LogP contribution in [0.2, 0.25) is 0 Å². The number of methoxy groups -OCH3 is 1. The Labute approximate surface area is 177 Å². The molecule has 3 aromatic heterocycles. The highest BCUT2D eigenvalue weighted by atomic mass is 32.1. The summed E-state index contributed by atoms with van der Waals surface area (Å²) in [5.74, 6) is 0.409. The van der Waals surface area contributed by atoms with Crippen LogP contribution in [0.15, 0.2) is 41.1 Å². The van der Waals surface area contributed by atoms with Crippen molar-refractivity contribution in [2.45, 2.75) is 6.54 Å². The fraction of sp³-hybridized carbons (Fsp3) is 0.111. The van der Waals surface area contributed by atoms with Gasteiger partial charge in [-0.3, -0.25) is 14.5 Å². The van der Waals surface area contributed by atoms with E-state index in [-0.39, 0.29) is 12.5 Å². The van der Waals surface area contributed by atoms with Gasteiger partial charge < -0.3 is 10.1 Å². The molecule has 0 saturated carbocycles. The van der Waals surface area contributed by atoms with Crippen molar-refractivity contribution in [1.29, 1.82) is 0 Å². The van der Waals surface area contributed by atoms with Crippen LogP contribution in [-0.4, -0.2) is 32.8 Å². The number of carbonyl (C=O) groups is 1. The van der Waals surface area contributed by atoms with Crippen LogP contribution in [0.5, 0.6) is 5.75 Å². The molecular formula is C18H14FN5O2S3. The summed E-state index contributed by atoms with van der Waals surface area (Å²) in [7, 11) is 1.51. The highest BCUT2D eigenvalue weighted by Crippen LogP contribution is 2.32. The molecule has 0 aliphatic carbocycles. The number of nitrogens with one attached hydrogen (secondary N) is 2. The van der Waals surface area contributed by atoms with Gasteiger partial charge in [-0.05, 0) is 41.9 Å². The van der Waals surface area contributed by atoms with Gasteiger partial charge in [-0.15, -0.1) is 22.7 Å². The van der Waals surface area contributed by atoms with E-state index in [4.69, 9.17) is 17.0 Å². The molecule has 29 heavy (non-hydrogen) atoms. The van der Waals surface area contributed by atoms with Gasteiger partial charge in [-0.25, -0.2) is 9.37 Å². The SMILES string of the molecule is COc1ccc(F)cc1-c1csc(NC(=O)Cn2c(-c3cccs3)n[nH]c2=S)n1. The van der Waals surface area contributed by atoms with Crippen molar-refractivity contribution in [3.63, 3.8) is 0 Å². The summed E-state index contributed by atoms with van der Waals surface area (Å²) < 4.78 is 20.9. The first-order valence-corrected chi connectivity index (χ1v) is 10.5. The quantitative estimate of drug-likeness (QED) is 0.423. The second-order valence-corrected chi connectivity index (χ2v) is 8.04. The average Bonchev–Trinajstić information content (AvgIpc) is 3.44. The van der Waals surface area contributed by atoms with E-state index >= 15 is 0 Å². The second-order valence-electron chi connectivity index (χ2n) is 5.85. The molecule has 1 amide bonds. The van der Waals surface area contributed by atoms with Gasteiger partial charge in [0.25, 0.3) is 0 Å². The zero-order valence-electron chi connectivity index (χ0n) is 15.0. The molecule has 0 radical (unpaired) electrons. The number of aromatic nitrogens is 4. The number of ether oxygens (including phenoxy) is 1. The minimum Gasteiger partial charge on any atom is -0.496 e. The second kappa shape index (κ2) is 8.23. The fourth-order valence-electron chi connectivity index (χ4n) is 2.70. The summed E-state index contributed by atoms with van der Waals surface area (Å²) in [5, 5.41) is 13.7. The number of halogens is 1. The first-order chi connectivity index (χ1) is 14.0. The van der Waals surface area contributed by atoms with Gasteiger partial charge >= 0.3 is 0 Å². The van der Waals surface area contributed by atoms with Crippen LogP contribution < -0.4 is 10.1 Å². The third-order valence-corrected chi connectivity index (χ3v) is 5.92. The Bertz CT molecular complexity index is 1210. The molecule has 148 valence electrons. The molecule has 0 bridgehead atoms. The van der Waals surface area contributed by atoms with Crippen molar-refractivity contribution >= 4 is 45.9 Å². The minimum atomic E-state index is -0.394.